The molecular weight excluding hydrogens is 396 g/mol. The van der Waals surface area contributed by atoms with E-state index in [0.29, 0.717) is 17.1 Å². The Labute approximate surface area is 179 Å². The van der Waals surface area contributed by atoms with Crippen molar-refractivity contribution in [2.75, 3.05) is 28.6 Å². The molecule has 9 nitrogen and oxygen atoms in total. The van der Waals surface area contributed by atoms with Crippen molar-refractivity contribution < 1.29 is 9.72 Å². The summed E-state index contributed by atoms with van der Waals surface area (Å²) in [6.45, 7) is 3.90. The summed E-state index contributed by atoms with van der Waals surface area (Å²) >= 11 is 0. The maximum absolute atomic E-state index is 12.4. The van der Waals surface area contributed by atoms with Crippen molar-refractivity contribution in [3.05, 3.63) is 76.1 Å². The normalized spacial score (nSPS) is 13.1. The first-order valence-electron chi connectivity index (χ1n) is 10.0. The van der Waals surface area contributed by atoms with E-state index in [2.05, 4.69) is 25.5 Å². The number of hydrogen-bond donors (Lipinski definition) is 2. The lowest BCUT2D eigenvalue weighted by Crippen LogP contribution is -2.19. The lowest BCUT2D eigenvalue weighted by molar-refractivity contribution is -0.384. The zero-order chi connectivity index (χ0) is 21.8. The number of carbonyl (C=O) groups is 1. The Morgan fingerprint density at radius 2 is 1.65 bits per heavy atom. The number of anilines is 4. The number of nitrogens with zero attached hydrogens (tertiary/aromatic N) is 4. The number of nitro groups is 1. The Balaban J connectivity index is 1.41. The molecule has 0 atom stereocenters. The molecule has 3 aromatic rings. The predicted octanol–water partition coefficient (Wildman–Crippen LogP) is 4.29. The third-order valence-electron chi connectivity index (χ3n) is 5.01. The summed E-state index contributed by atoms with van der Waals surface area (Å²) in [4.78, 5) is 33.8. The van der Waals surface area contributed by atoms with Gasteiger partial charge in [-0.25, -0.2) is 9.97 Å². The number of amides is 1. The smallest absolute Gasteiger partial charge is 0.269 e. The van der Waals surface area contributed by atoms with E-state index in [-0.39, 0.29) is 11.6 Å². The first-order chi connectivity index (χ1) is 15.0. The molecule has 0 saturated carbocycles. The van der Waals surface area contributed by atoms with E-state index in [9.17, 15) is 14.9 Å². The highest BCUT2D eigenvalue weighted by Gasteiger charge is 2.15. The molecule has 1 aliphatic heterocycles. The summed E-state index contributed by atoms with van der Waals surface area (Å²) in [6, 6.07) is 14.7. The molecule has 1 fully saturated rings. The minimum atomic E-state index is -0.499. The fourth-order valence-electron chi connectivity index (χ4n) is 3.45. The van der Waals surface area contributed by atoms with Gasteiger partial charge < -0.3 is 15.5 Å². The van der Waals surface area contributed by atoms with Crippen molar-refractivity contribution >= 4 is 34.6 Å². The van der Waals surface area contributed by atoms with E-state index < -0.39 is 4.92 Å². The van der Waals surface area contributed by atoms with E-state index >= 15 is 0 Å². The molecule has 1 aromatic heterocycles. The average Bonchev–Trinajstić information content (AvgIpc) is 3.30. The molecule has 2 N–H and O–H groups in total. The number of carbonyl (C=O) groups excluding carboxylic acids is 1. The minimum Gasteiger partial charge on any atom is -0.356 e. The molecular formula is C22H22N6O3. The first kappa shape index (κ1) is 20.3. The second-order valence-electron chi connectivity index (χ2n) is 7.31. The Kier molecular flexibility index (Phi) is 5.74. The van der Waals surface area contributed by atoms with Crippen molar-refractivity contribution in [3.63, 3.8) is 0 Å². The number of nitrogens with one attached hydrogen (secondary N) is 2. The van der Waals surface area contributed by atoms with Crippen molar-refractivity contribution in [1.29, 1.82) is 0 Å². The molecule has 2 aromatic carbocycles. The van der Waals surface area contributed by atoms with Crippen LogP contribution < -0.4 is 15.5 Å². The highest BCUT2D eigenvalue weighted by atomic mass is 16.6. The van der Waals surface area contributed by atoms with Gasteiger partial charge in [0, 0.05) is 48.2 Å². The van der Waals surface area contributed by atoms with Crippen LogP contribution in [0, 0.1) is 17.0 Å². The number of hydrogen-bond acceptors (Lipinski definition) is 7. The molecule has 0 aliphatic carbocycles. The van der Waals surface area contributed by atoms with Crippen molar-refractivity contribution in [2.24, 2.45) is 0 Å². The second kappa shape index (κ2) is 8.78. The summed E-state index contributed by atoms with van der Waals surface area (Å²) in [5.74, 6) is 2.02. The number of nitro benzene ring substituents is 1. The Bertz CT molecular complexity index is 1090. The molecule has 0 bridgehead atoms. The molecule has 4 rings (SSSR count). The van der Waals surface area contributed by atoms with Crippen LogP contribution in [0.2, 0.25) is 0 Å². The standard InChI is InChI=1S/C22H22N6O3/c1-15-23-20(14-21(24-15)27-12-2-3-13-27)25-17-6-8-18(9-7-17)26-22(29)16-4-10-19(11-5-16)28(30)31/h4-11,14H,2-3,12-13H2,1H3,(H,26,29)(H,23,24,25). The van der Waals surface area contributed by atoms with Crippen molar-refractivity contribution in [2.45, 2.75) is 19.8 Å². The average molecular weight is 418 g/mol. The van der Waals surface area contributed by atoms with Crippen LogP contribution in [0.5, 0.6) is 0 Å². The van der Waals surface area contributed by atoms with Crippen LogP contribution in [-0.2, 0) is 0 Å². The molecule has 0 unspecified atom stereocenters. The third-order valence-corrected chi connectivity index (χ3v) is 5.01. The Morgan fingerprint density at radius 3 is 2.29 bits per heavy atom. The molecule has 0 radical (unpaired) electrons. The Morgan fingerprint density at radius 1 is 1.00 bits per heavy atom. The van der Waals surface area contributed by atoms with Crippen LogP contribution >= 0.6 is 0 Å². The molecule has 158 valence electrons. The first-order valence-corrected chi connectivity index (χ1v) is 10.0. The topological polar surface area (TPSA) is 113 Å². The van der Waals surface area contributed by atoms with Gasteiger partial charge in [0.2, 0.25) is 0 Å². The number of aromatic nitrogens is 2. The lowest BCUT2D eigenvalue weighted by atomic mass is 10.2. The maximum Gasteiger partial charge on any atom is 0.269 e. The van der Waals surface area contributed by atoms with Crippen LogP contribution in [0.1, 0.15) is 29.0 Å². The second-order valence-corrected chi connectivity index (χ2v) is 7.31. The quantitative estimate of drug-likeness (QED) is 0.453. The molecule has 1 aliphatic rings. The number of non-ortho nitro benzene ring substituents is 1. The van der Waals surface area contributed by atoms with Crippen LogP contribution in [-0.4, -0.2) is 33.9 Å². The van der Waals surface area contributed by atoms with Gasteiger partial charge in [0.15, 0.2) is 0 Å². The van der Waals surface area contributed by atoms with Gasteiger partial charge in [-0.1, -0.05) is 0 Å². The van der Waals surface area contributed by atoms with Gasteiger partial charge in [-0.2, -0.15) is 0 Å². The van der Waals surface area contributed by atoms with Gasteiger partial charge >= 0.3 is 0 Å². The van der Waals surface area contributed by atoms with Crippen LogP contribution in [0.4, 0.5) is 28.7 Å². The van der Waals surface area contributed by atoms with Crippen LogP contribution in [0.25, 0.3) is 0 Å². The van der Waals surface area contributed by atoms with Crippen LogP contribution in [0.3, 0.4) is 0 Å². The monoisotopic (exact) mass is 418 g/mol. The van der Waals surface area contributed by atoms with Crippen LogP contribution in [0.15, 0.2) is 54.6 Å². The van der Waals surface area contributed by atoms with E-state index in [1.165, 1.54) is 37.1 Å². The number of aryl methyl sites for hydroxylation is 1. The van der Waals surface area contributed by atoms with Crippen molar-refractivity contribution in [1.82, 2.24) is 9.97 Å². The molecule has 31 heavy (non-hydrogen) atoms. The van der Waals surface area contributed by atoms with Gasteiger partial charge in [-0.15, -0.1) is 0 Å². The summed E-state index contributed by atoms with van der Waals surface area (Å²) in [5, 5.41) is 16.8. The fourth-order valence-corrected chi connectivity index (χ4v) is 3.45. The van der Waals surface area contributed by atoms with Gasteiger partial charge in [0.25, 0.3) is 11.6 Å². The zero-order valence-corrected chi connectivity index (χ0v) is 17.0. The highest BCUT2D eigenvalue weighted by Crippen LogP contribution is 2.24. The summed E-state index contributed by atoms with van der Waals surface area (Å²) in [5.41, 5.74) is 1.74. The van der Waals surface area contributed by atoms with E-state index in [1.807, 2.05) is 25.1 Å². The number of benzene rings is 2. The zero-order valence-electron chi connectivity index (χ0n) is 17.0. The predicted molar refractivity (Wildman–Crippen MR) is 119 cm³/mol. The molecule has 2 heterocycles. The van der Waals surface area contributed by atoms with Gasteiger partial charge in [-0.3, -0.25) is 14.9 Å². The summed E-state index contributed by atoms with van der Waals surface area (Å²) in [7, 11) is 0. The minimum absolute atomic E-state index is 0.0557. The number of rotatable bonds is 6. The van der Waals surface area contributed by atoms with Crippen molar-refractivity contribution in [3.8, 4) is 0 Å². The molecule has 9 heteroatoms. The third kappa shape index (κ3) is 4.95. The fraction of sp³-hybridized carbons (Fsp3) is 0.227. The van der Waals surface area contributed by atoms with E-state index in [1.54, 1.807) is 12.1 Å². The maximum atomic E-state index is 12.4. The van der Waals surface area contributed by atoms with Gasteiger partial charge in [-0.05, 0) is 56.2 Å². The molecule has 1 amide bonds. The van der Waals surface area contributed by atoms with E-state index in [4.69, 9.17) is 0 Å². The van der Waals surface area contributed by atoms with Gasteiger partial charge in [0.05, 0.1) is 4.92 Å². The summed E-state index contributed by atoms with van der Waals surface area (Å²) in [6.07, 6.45) is 2.36. The summed E-state index contributed by atoms with van der Waals surface area (Å²) < 4.78 is 0. The van der Waals surface area contributed by atoms with Gasteiger partial charge in [0.1, 0.15) is 17.5 Å². The largest absolute Gasteiger partial charge is 0.356 e. The van der Waals surface area contributed by atoms with E-state index in [0.717, 1.165) is 30.4 Å². The SMILES string of the molecule is Cc1nc(Nc2ccc(NC(=O)c3ccc([N+](=O)[O-])cc3)cc2)cc(N2CCCC2)n1. The highest BCUT2D eigenvalue weighted by molar-refractivity contribution is 6.04. The molecule has 1 saturated heterocycles. The lowest BCUT2D eigenvalue weighted by Gasteiger charge is -2.18. The Hall–Kier alpha value is -4.01. The molecule has 0 spiro atoms.